The molecule has 0 aliphatic heterocycles. The summed E-state index contributed by atoms with van der Waals surface area (Å²) in [4.78, 5) is 31.4. The molecule has 122 valence electrons. The van der Waals surface area contributed by atoms with Crippen molar-refractivity contribution in [3.63, 3.8) is 0 Å². The van der Waals surface area contributed by atoms with Crippen molar-refractivity contribution in [1.82, 2.24) is 24.9 Å². The van der Waals surface area contributed by atoms with E-state index in [1.165, 1.54) is 27.8 Å². The number of nitrogens with one attached hydrogen (secondary N) is 1. The summed E-state index contributed by atoms with van der Waals surface area (Å²) in [7, 11) is 0. The van der Waals surface area contributed by atoms with Gasteiger partial charge in [-0.2, -0.15) is 9.78 Å². The Bertz CT molecular complexity index is 722. The summed E-state index contributed by atoms with van der Waals surface area (Å²) < 4.78 is 2.67. The third-order valence-electron chi connectivity index (χ3n) is 2.88. The highest BCUT2D eigenvalue weighted by molar-refractivity contribution is 5.75. The average molecular weight is 323 g/mol. The Hall–Kier alpha value is -3.31. The maximum absolute atomic E-state index is 11.6. The average Bonchev–Trinajstić information content (AvgIpc) is 3.14. The molecule has 0 aromatic carbocycles. The first-order valence-corrected chi connectivity index (χ1v) is 6.57. The molecule has 0 bridgehead atoms. The number of nitro groups is 2. The van der Waals surface area contributed by atoms with Crippen LogP contribution in [0.4, 0.5) is 11.5 Å². The lowest BCUT2D eigenvalue weighted by molar-refractivity contribution is -0.389. The molecule has 0 saturated heterocycles. The van der Waals surface area contributed by atoms with Gasteiger partial charge in [0, 0.05) is 13.0 Å². The molecule has 0 saturated carbocycles. The van der Waals surface area contributed by atoms with Crippen LogP contribution in [-0.2, 0) is 17.9 Å². The molecule has 2 heterocycles. The number of hydrogen-bond donors (Lipinski definition) is 1. The maximum Gasteiger partial charge on any atom is 0.389 e. The number of carbonyl (C=O) groups is 1. The van der Waals surface area contributed by atoms with Crippen LogP contribution in [0.15, 0.2) is 24.7 Å². The highest BCUT2D eigenvalue weighted by Crippen LogP contribution is 2.07. The molecule has 2 rings (SSSR count). The van der Waals surface area contributed by atoms with E-state index in [1.54, 1.807) is 0 Å². The fraction of sp³-hybridized carbons (Fsp3) is 0.364. The van der Waals surface area contributed by atoms with E-state index >= 15 is 0 Å². The maximum atomic E-state index is 11.6. The number of aromatic nitrogens is 4. The molecule has 0 spiro atoms. The fourth-order valence-corrected chi connectivity index (χ4v) is 1.76. The molecule has 23 heavy (non-hydrogen) atoms. The number of aryl methyl sites for hydroxylation is 1. The van der Waals surface area contributed by atoms with Crippen LogP contribution in [0.25, 0.3) is 0 Å². The third kappa shape index (κ3) is 4.59. The summed E-state index contributed by atoms with van der Waals surface area (Å²) in [6.45, 7) is 0.774. The van der Waals surface area contributed by atoms with Gasteiger partial charge >= 0.3 is 11.5 Å². The van der Waals surface area contributed by atoms with Crippen molar-refractivity contribution in [3.8, 4) is 0 Å². The van der Waals surface area contributed by atoms with Gasteiger partial charge < -0.3 is 15.4 Å². The lowest BCUT2D eigenvalue weighted by Crippen LogP contribution is -2.28. The van der Waals surface area contributed by atoms with Crippen LogP contribution in [0, 0.1) is 20.2 Å². The predicted octanol–water partition coefficient (Wildman–Crippen LogP) is 0.102. The zero-order chi connectivity index (χ0) is 16.8. The molecular weight excluding hydrogens is 310 g/mol. The van der Waals surface area contributed by atoms with E-state index < -0.39 is 9.85 Å². The normalized spacial score (nSPS) is 10.4. The monoisotopic (exact) mass is 323 g/mol. The van der Waals surface area contributed by atoms with Crippen molar-refractivity contribution in [1.29, 1.82) is 0 Å². The van der Waals surface area contributed by atoms with Crippen LogP contribution in [0.3, 0.4) is 0 Å². The predicted molar refractivity (Wildman–Crippen MR) is 75.4 cm³/mol. The summed E-state index contributed by atoms with van der Waals surface area (Å²) in [5.74, 6) is -0.532. The summed E-state index contributed by atoms with van der Waals surface area (Å²) in [6.07, 6.45) is 3.94. The molecule has 0 aliphatic carbocycles. The van der Waals surface area contributed by atoms with Crippen LogP contribution in [-0.4, -0.2) is 41.9 Å². The second-order valence-corrected chi connectivity index (χ2v) is 4.51. The van der Waals surface area contributed by atoms with E-state index in [2.05, 4.69) is 15.5 Å². The van der Waals surface area contributed by atoms with Gasteiger partial charge in [-0.3, -0.25) is 19.6 Å². The first-order valence-electron chi connectivity index (χ1n) is 6.57. The third-order valence-corrected chi connectivity index (χ3v) is 2.88. The minimum atomic E-state index is -0.611. The van der Waals surface area contributed by atoms with Crippen molar-refractivity contribution in [2.24, 2.45) is 0 Å². The van der Waals surface area contributed by atoms with Gasteiger partial charge in [0.15, 0.2) is 0 Å². The van der Waals surface area contributed by atoms with Gasteiger partial charge in [-0.1, -0.05) is 0 Å². The smallest absolute Gasteiger partial charge is 0.358 e. The first kappa shape index (κ1) is 16.1. The Balaban J connectivity index is 1.70. The first-order chi connectivity index (χ1) is 11.0. The van der Waals surface area contributed by atoms with Gasteiger partial charge in [0.05, 0.1) is 35.4 Å². The van der Waals surface area contributed by atoms with Gasteiger partial charge in [-0.05, 0) is 4.92 Å². The Labute approximate surface area is 129 Å². The number of hydrogen-bond acceptors (Lipinski definition) is 7. The Morgan fingerprint density at radius 3 is 2.61 bits per heavy atom. The highest BCUT2D eigenvalue weighted by Gasteiger charge is 2.12. The summed E-state index contributed by atoms with van der Waals surface area (Å²) >= 11 is 0. The molecule has 1 N–H and O–H groups in total. The summed E-state index contributed by atoms with van der Waals surface area (Å²) in [5, 5.41) is 31.1. The minimum Gasteiger partial charge on any atom is -0.358 e. The van der Waals surface area contributed by atoms with Gasteiger partial charge in [-0.25, -0.2) is 0 Å². The quantitative estimate of drug-likeness (QED) is 0.534. The van der Waals surface area contributed by atoms with Gasteiger partial charge in [-0.15, -0.1) is 0 Å². The molecular formula is C11H13N7O5. The largest absolute Gasteiger partial charge is 0.389 e. The molecule has 2 aromatic rings. The van der Waals surface area contributed by atoms with Crippen LogP contribution in [0.2, 0.25) is 0 Å². The number of carbonyl (C=O) groups excluding carboxylic acids is 1. The number of rotatable bonds is 8. The molecule has 0 radical (unpaired) electrons. The molecule has 2 aromatic heterocycles. The fourth-order valence-electron chi connectivity index (χ4n) is 1.76. The van der Waals surface area contributed by atoms with E-state index in [0.29, 0.717) is 6.54 Å². The number of amides is 1. The zero-order valence-electron chi connectivity index (χ0n) is 11.9. The van der Waals surface area contributed by atoms with Gasteiger partial charge in [0.25, 0.3) is 0 Å². The lowest BCUT2D eigenvalue weighted by atomic mass is 10.4. The van der Waals surface area contributed by atoms with Crippen LogP contribution in [0.1, 0.15) is 6.42 Å². The Kier molecular flexibility index (Phi) is 4.96. The molecule has 12 heteroatoms. The summed E-state index contributed by atoms with van der Waals surface area (Å²) in [5.41, 5.74) is -0.114. The minimum absolute atomic E-state index is 0.109. The molecule has 0 unspecified atom stereocenters. The lowest BCUT2D eigenvalue weighted by Gasteiger charge is -2.04. The van der Waals surface area contributed by atoms with Crippen molar-refractivity contribution in [3.05, 3.63) is 44.9 Å². The highest BCUT2D eigenvalue weighted by atomic mass is 16.6. The summed E-state index contributed by atoms with van der Waals surface area (Å²) in [6, 6.07) is 1.25. The Morgan fingerprint density at radius 1 is 1.22 bits per heavy atom. The van der Waals surface area contributed by atoms with E-state index in [-0.39, 0.29) is 36.9 Å². The van der Waals surface area contributed by atoms with E-state index in [1.807, 2.05) is 0 Å². The van der Waals surface area contributed by atoms with Crippen LogP contribution in [0.5, 0.6) is 0 Å². The van der Waals surface area contributed by atoms with Crippen LogP contribution >= 0.6 is 0 Å². The second kappa shape index (κ2) is 7.11. The molecule has 1 amide bonds. The van der Waals surface area contributed by atoms with Crippen molar-refractivity contribution in [2.75, 3.05) is 6.54 Å². The van der Waals surface area contributed by atoms with Crippen LogP contribution < -0.4 is 5.32 Å². The van der Waals surface area contributed by atoms with Gasteiger partial charge in [0.2, 0.25) is 5.91 Å². The van der Waals surface area contributed by atoms with Crippen molar-refractivity contribution < 1.29 is 14.6 Å². The topological polar surface area (TPSA) is 151 Å². The number of nitrogens with zero attached hydrogens (tertiary/aromatic N) is 6. The van der Waals surface area contributed by atoms with Gasteiger partial charge in [0.1, 0.15) is 12.4 Å². The Morgan fingerprint density at radius 2 is 2.00 bits per heavy atom. The zero-order valence-corrected chi connectivity index (χ0v) is 11.9. The van der Waals surface area contributed by atoms with Crippen molar-refractivity contribution in [2.45, 2.75) is 19.5 Å². The molecule has 0 atom stereocenters. The molecule has 0 fully saturated rings. The van der Waals surface area contributed by atoms with E-state index in [0.717, 1.165) is 6.20 Å². The van der Waals surface area contributed by atoms with E-state index in [9.17, 15) is 25.0 Å². The van der Waals surface area contributed by atoms with E-state index in [4.69, 9.17) is 0 Å². The molecule has 0 aliphatic rings. The van der Waals surface area contributed by atoms with Crippen molar-refractivity contribution >= 4 is 17.4 Å². The SMILES string of the molecule is O=C(CCn1ccc([N+](=O)[O-])n1)NCCn1cc([N+](=O)[O-])cn1. The standard InChI is InChI=1S/C11H13N7O5/c19-11(2-5-15-4-1-10(14-15)18(22)23)12-3-6-16-8-9(7-13-16)17(20)21/h1,4,7-8H,2-3,5-6H2,(H,12,19). The molecule has 12 nitrogen and oxygen atoms in total. The second-order valence-electron chi connectivity index (χ2n) is 4.51.